The Hall–Kier alpha value is -4.47. The third-order valence-electron chi connectivity index (χ3n) is 5.24. The average molecular weight is 486 g/mol. The number of anilines is 4. The summed E-state index contributed by atoms with van der Waals surface area (Å²) in [4.78, 5) is 20.8. The molecule has 0 atom stereocenters. The highest BCUT2D eigenvalue weighted by atomic mass is 35.5. The largest absolute Gasteiger partial charge is 0.340 e. The number of halogens is 1. The Morgan fingerprint density at radius 1 is 0.943 bits per heavy atom. The van der Waals surface area contributed by atoms with Crippen molar-refractivity contribution in [1.29, 1.82) is 0 Å². The molecule has 0 spiro atoms. The van der Waals surface area contributed by atoms with Crippen molar-refractivity contribution in [3.05, 3.63) is 101 Å². The van der Waals surface area contributed by atoms with Crippen LogP contribution in [0.15, 0.2) is 85.2 Å². The first kappa shape index (κ1) is 22.3. The summed E-state index contributed by atoms with van der Waals surface area (Å²) in [5.41, 5.74) is 5.27. The maximum absolute atomic E-state index is 11.5. The molecule has 0 aliphatic carbocycles. The molecule has 0 saturated carbocycles. The van der Waals surface area contributed by atoms with Gasteiger partial charge in [-0.1, -0.05) is 41.9 Å². The molecule has 2 aromatic heterocycles. The van der Waals surface area contributed by atoms with E-state index in [9.17, 15) is 4.79 Å². The van der Waals surface area contributed by atoms with Gasteiger partial charge in [-0.3, -0.25) is 14.7 Å². The number of rotatable bonds is 7. The number of fused-ring (bicyclic) bond motifs is 1. The van der Waals surface area contributed by atoms with E-state index in [2.05, 4.69) is 25.7 Å². The van der Waals surface area contributed by atoms with Crippen molar-refractivity contribution >= 4 is 51.6 Å². The summed E-state index contributed by atoms with van der Waals surface area (Å²) in [6, 6.07) is 22.1. The van der Waals surface area contributed by atoms with Crippen LogP contribution < -0.4 is 16.1 Å². The fourth-order valence-electron chi connectivity index (χ4n) is 3.59. The van der Waals surface area contributed by atoms with Crippen molar-refractivity contribution in [2.45, 2.75) is 6.54 Å². The maximum atomic E-state index is 11.5. The number of benzene rings is 3. The zero-order valence-corrected chi connectivity index (χ0v) is 19.1. The van der Waals surface area contributed by atoms with E-state index in [0.717, 1.165) is 27.8 Å². The van der Waals surface area contributed by atoms with Crippen LogP contribution in [-0.4, -0.2) is 30.9 Å². The summed E-state index contributed by atoms with van der Waals surface area (Å²) >= 11 is 6.13. The first-order valence-corrected chi connectivity index (χ1v) is 11.1. The summed E-state index contributed by atoms with van der Waals surface area (Å²) in [7, 11) is 0. The zero-order valence-electron chi connectivity index (χ0n) is 18.3. The van der Waals surface area contributed by atoms with E-state index in [-0.39, 0.29) is 0 Å². The summed E-state index contributed by atoms with van der Waals surface area (Å²) in [5, 5.41) is 21.2. The second-order valence-corrected chi connectivity index (χ2v) is 8.17. The normalized spacial score (nSPS) is 10.8. The summed E-state index contributed by atoms with van der Waals surface area (Å²) in [5.74, 6) is 0.522. The minimum absolute atomic E-state index is 0.370. The highest BCUT2D eigenvalue weighted by Gasteiger charge is 2.10. The van der Waals surface area contributed by atoms with E-state index < -0.39 is 5.91 Å². The highest BCUT2D eigenvalue weighted by molar-refractivity contribution is 6.30. The van der Waals surface area contributed by atoms with Crippen LogP contribution in [0.2, 0.25) is 5.02 Å². The lowest BCUT2D eigenvalue weighted by Gasteiger charge is -2.11. The SMILES string of the molecule is O=C(NO)c1ccc(Cn2cc(Nc3nc(Nc4cccc(Cl)c4)c4ccccc4n3)cn2)cc1. The van der Waals surface area contributed by atoms with E-state index in [4.69, 9.17) is 16.8 Å². The van der Waals surface area contributed by atoms with Gasteiger partial charge in [-0.05, 0) is 48.0 Å². The van der Waals surface area contributed by atoms with E-state index in [1.54, 1.807) is 40.6 Å². The predicted molar refractivity (Wildman–Crippen MR) is 135 cm³/mol. The van der Waals surface area contributed by atoms with Crippen LogP contribution in [0.1, 0.15) is 15.9 Å². The molecule has 10 heteroatoms. The Morgan fingerprint density at radius 3 is 2.57 bits per heavy atom. The van der Waals surface area contributed by atoms with Crippen LogP contribution >= 0.6 is 11.6 Å². The molecule has 0 fully saturated rings. The van der Waals surface area contributed by atoms with Crippen LogP contribution in [0.5, 0.6) is 0 Å². The van der Waals surface area contributed by atoms with Gasteiger partial charge in [0.05, 0.1) is 23.9 Å². The molecule has 9 nitrogen and oxygen atoms in total. The topological polar surface area (TPSA) is 117 Å². The number of hydrogen-bond acceptors (Lipinski definition) is 7. The molecule has 0 aliphatic heterocycles. The number of hydroxylamine groups is 1. The number of aromatic nitrogens is 4. The predicted octanol–water partition coefficient (Wildman–Crippen LogP) is 5.13. The molecule has 4 N–H and O–H groups in total. The molecule has 0 radical (unpaired) electrons. The third-order valence-corrected chi connectivity index (χ3v) is 5.48. The van der Waals surface area contributed by atoms with E-state index >= 15 is 0 Å². The molecule has 0 bridgehead atoms. The molecular formula is C25H20ClN7O2. The Kier molecular flexibility index (Phi) is 6.25. The van der Waals surface area contributed by atoms with Crippen molar-refractivity contribution < 1.29 is 10.0 Å². The van der Waals surface area contributed by atoms with Gasteiger partial charge in [0.15, 0.2) is 0 Å². The lowest BCUT2D eigenvalue weighted by Crippen LogP contribution is -2.18. The van der Waals surface area contributed by atoms with E-state index in [0.29, 0.717) is 28.9 Å². The molecular weight excluding hydrogens is 466 g/mol. The van der Waals surface area contributed by atoms with Crippen molar-refractivity contribution in [2.24, 2.45) is 0 Å². The van der Waals surface area contributed by atoms with Crippen molar-refractivity contribution in [2.75, 3.05) is 10.6 Å². The minimum atomic E-state index is -0.554. The van der Waals surface area contributed by atoms with Gasteiger partial charge in [0, 0.05) is 27.9 Å². The number of amides is 1. The number of carbonyl (C=O) groups is 1. The average Bonchev–Trinajstić information content (AvgIpc) is 3.30. The van der Waals surface area contributed by atoms with Crippen LogP contribution in [0.4, 0.5) is 23.1 Å². The molecule has 3 aromatic carbocycles. The lowest BCUT2D eigenvalue weighted by molar-refractivity contribution is 0.0706. The van der Waals surface area contributed by atoms with Gasteiger partial charge >= 0.3 is 0 Å². The Labute approximate surface area is 205 Å². The lowest BCUT2D eigenvalue weighted by atomic mass is 10.1. The number of para-hydroxylation sites is 1. The van der Waals surface area contributed by atoms with Gasteiger partial charge in [-0.2, -0.15) is 10.1 Å². The summed E-state index contributed by atoms with van der Waals surface area (Å²) in [6.07, 6.45) is 3.53. The molecule has 2 heterocycles. The minimum Gasteiger partial charge on any atom is -0.340 e. The van der Waals surface area contributed by atoms with Gasteiger partial charge in [0.25, 0.3) is 5.91 Å². The molecule has 0 aliphatic rings. The van der Waals surface area contributed by atoms with Crippen LogP contribution in [0.3, 0.4) is 0 Å². The molecule has 35 heavy (non-hydrogen) atoms. The zero-order chi connectivity index (χ0) is 24.2. The standard InChI is InChI=1S/C25H20ClN7O2/c26-18-4-3-5-19(12-18)28-23-21-6-1-2-7-22(21)30-25(31-23)29-20-13-27-33(15-20)14-16-8-10-17(11-9-16)24(34)32-35/h1-13,15,35H,14H2,(H,32,34)(H2,28,29,30,31). The highest BCUT2D eigenvalue weighted by Crippen LogP contribution is 2.27. The Bertz CT molecular complexity index is 1500. The molecule has 0 unspecified atom stereocenters. The van der Waals surface area contributed by atoms with Crippen LogP contribution in [0, 0.1) is 0 Å². The van der Waals surface area contributed by atoms with Gasteiger partial charge in [0.2, 0.25) is 5.95 Å². The fraction of sp³-hybridized carbons (Fsp3) is 0.0400. The maximum Gasteiger partial charge on any atom is 0.274 e. The Balaban J connectivity index is 1.36. The Morgan fingerprint density at radius 2 is 1.77 bits per heavy atom. The van der Waals surface area contributed by atoms with Gasteiger partial charge in [-0.25, -0.2) is 10.5 Å². The van der Waals surface area contributed by atoms with Crippen molar-refractivity contribution in [3.63, 3.8) is 0 Å². The van der Waals surface area contributed by atoms with Crippen LogP contribution in [0.25, 0.3) is 10.9 Å². The summed E-state index contributed by atoms with van der Waals surface area (Å²) < 4.78 is 1.76. The van der Waals surface area contributed by atoms with Crippen molar-refractivity contribution in [3.8, 4) is 0 Å². The molecule has 5 rings (SSSR count). The van der Waals surface area contributed by atoms with E-state index in [1.807, 2.05) is 54.7 Å². The van der Waals surface area contributed by atoms with Gasteiger partial charge in [-0.15, -0.1) is 0 Å². The molecule has 174 valence electrons. The number of nitrogens with zero attached hydrogens (tertiary/aromatic N) is 4. The first-order chi connectivity index (χ1) is 17.1. The fourth-order valence-corrected chi connectivity index (χ4v) is 3.78. The van der Waals surface area contributed by atoms with Crippen molar-refractivity contribution in [1.82, 2.24) is 25.2 Å². The molecule has 0 saturated heterocycles. The summed E-state index contributed by atoms with van der Waals surface area (Å²) in [6.45, 7) is 0.503. The molecule has 1 amide bonds. The smallest absolute Gasteiger partial charge is 0.274 e. The number of nitrogens with one attached hydrogen (secondary N) is 3. The van der Waals surface area contributed by atoms with E-state index in [1.165, 1.54) is 0 Å². The van der Waals surface area contributed by atoms with Gasteiger partial charge in [0.1, 0.15) is 5.82 Å². The number of carbonyl (C=O) groups excluding carboxylic acids is 1. The van der Waals surface area contributed by atoms with Gasteiger partial charge < -0.3 is 10.6 Å². The first-order valence-electron chi connectivity index (χ1n) is 10.7. The quantitative estimate of drug-likeness (QED) is 0.186. The number of hydrogen-bond donors (Lipinski definition) is 4. The third kappa shape index (κ3) is 5.21. The monoisotopic (exact) mass is 485 g/mol. The second kappa shape index (κ2) is 9.80. The molecule has 5 aromatic rings. The second-order valence-electron chi connectivity index (χ2n) is 7.74. The van der Waals surface area contributed by atoms with Crippen LogP contribution in [-0.2, 0) is 6.54 Å².